The molecule has 0 radical (unpaired) electrons. The fraction of sp³-hybridized carbons (Fsp3) is 0.310. The number of anilines is 2. The quantitative estimate of drug-likeness (QED) is 0.347. The van der Waals surface area contributed by atoms with Crippen molar-refractivity contribution < 1.29 is 27.4 Å². The summed E-state index contributed by atoms with van der Waals surface area (Å²) in [6.07, 6.45) is -0.668. The Bertz CT molecular complexity index is 1640. The second-order valence-electron chi connectivity index (χ2n) is 10.5. The lowest BCUT2D eigenvalue weighted by atomic mass is 9.86. The van der Waals surface area contributed by atoms with Crippen LogP contribution < -0.4 is 10.2 Å². The van der Waals surface area contributed by atoms with Crippen molar-refractivity contribution in [1.29, 1.82) is 0 Å². The molecule has 7 rings (SSSR count). The molecule has 0 saturated carbocycles. The number of hydrogen-bond donors (Lipinski definition) is 1. The van der Waals surface area contributed by atoms with E-state index in [4.69, 9.17) is 9.47 Å². The third-order valence-corrected chi connectivity index (χ3v) is 7.89. The summed E-state index contributed by atoms with van der Waals surface area (Å²) >= 11 is 0. The minimum atomic E-state index is -4.39. The van der Waals surface area contributed by atoms with E-state index in [2.05, 4.69) is 20.3 Å². The van der Waals surface area contributed by atoms with E-state index in [1.165, 1.54) is 12.1 Å². The number of ether oxygens (including phenoxy) is 2. The largest absolute Gasteiger partial charge is 0.435 e. The van der Waals surface area contributed by atoms with Crippen LogP contribution in [-0.2, 0) is 28.5 Å². The van der Waals surface area contributed by atoms with Gasteiger partial charge in [0, 0.05) is 17.6 Å². The second kappa shape index (κ2) is 9.30. The minimum absolute atomic E-state index is 0.299. The number of benzene rings is 2. The van der Waals surface area contributed by atoms with Crippen LogP contribution in [0.1, 0.15) is 47.1 Å². The van der Waals surface area contributed by atoms with Crippen LogP contribution in [0.4, 0.5) is 29.7 Å². The highest BCUT2D eigenvalue weighted by Crippen LogP contribution is 2.47. The molecule has 12 heteroatoms. The lowest BCUT2D eigenvalue weighted by Gasteiger charge is -2.40. The lowest BCUT2D eigenvalue weighted by molar-refractivity contribution is -0.170. The van der Waals surface area contributed by atoms with Crippen molar-refractivity contribution in [2.75, 3.05) is 23.4 Å². The monoisotopic (exact) mass is 562 g/mol. The van der Waals surface area contributed by atoms with Gasteiger partial charge in [0.15, 0.2) is 5.60 Å². The summed E-state index contributed by atoms with van der Waals surface area (Å²) < 4.78 is 52.7. The minimum Gasteiger partial charge on any atom is -0.435 e. The highest BCUT2D eigenvalue weighted by Gasteiger charge is 2.60. The number of nitrogens with zero attached hydrogens (tertiary/aromatic N) is 5. The van der Waals surface area contributed by atoms with Gasteiger partial charge in [0.25, 0.3) is 0 Å². The van der Waals surface area contributed by atoms with E-state index in [1.54, 1.807) is 23.5 Å². The zero-order chi connectivity index (χ0) is 28.4. The Labute approximate surface area is 233 Å². The molecule has 9 nitrogen and oxygen atoms in total. The molecule has 2 atom stereocenters. The van der Waals surface area contributed by atoms with E-state index in [1.807, 2.05) is 41.8 Å². The van der Waals surface area contributed by atoms with Crippen molar-refractivity contribution in [3.05, 3.63) is 95.2 Å². The first-order valence-corrected chi connectivity index (χ1v) is 13.2. The number of aryl methyl sites for hydroxylation is 1. The van der Waals surface area contributed by atoms with E-state index in [0.717, 1.165) is 23.0 Å². The van der Waals surface area contributed by atoms with Crippen LogP contribution in [0.5, 0.6) is 0 Å². The maximum atomic E-state index is 13.2. The Kier molecular flexibility index (Phi) is 5.79. The Hall–Kier alpha value is -4.45. The van der Waals surface area contributed by atoms with E-state index < -0.39 is 29.5 Å². The van der Waals surface area contributed by atoms with Crippen molar-refractivity contribution in [3.63, 3.8) is 0 Å². The van der Waals surface area contributed by atoms with E-state index in [-0.39, 0.29) is 6.04 Å². The topological polar surface area (TPSA) is 94.4 Å². The molecule has 0 unspecified atom stereocenters. The van der Waals surface area contributed by atoms with E-state index in [0.29, 0.717) is 49.1 Å². The number of fused-ring (bicyclic) bond motifs is 3. The van der Waals surface area contributed by atoms with Crippen LogP contribution in [-0.4, -0.2) is 44.4 Å². The molecular formula is C29H25F3N6O3. The second-order valence-corrected chi connectivity index (χ2v) is 10.5. The number of halogens is 3. The lowest BCUT2D eigenvalue weighted by Crippen LogP contribution is -2.54. The fourth-order valence-corrected chi connectivity index (χ4v) is 5.92. The van der Waals surface area contributed by atoms with Crippen LogP contribution in [0.3, 0.4) is 0 Å². The van der Waals surface area contributed by atoms with Crippen LogP contribution in [0.2, 0.25) is 0 Å². The molecule has 1 spiro atoms. The first-order valence-electron chi connectivity index (χ1n) is 13.2. The number of carbonyl (C=O) groups excluding carboxylic acids is 1. The molecule has 1 amide bonds. The molecule has 2 saturated heterocycles. The van der Waals surface area contributed by atoms with Crippen LogP contribution >= 0.6 is 0 Å². The number of hydrogen-bond acceptors (Lipinski definition) is 7. The first-order chi connectivity index (χ1) is 19.7. The summed E-state index contributed by atoms with van der Waals surface area (Å²) in [4.78, 5) is 28.3. The average Bonchev–Trinajstić information content (AvgIpc) is 3.52. The van der Waals surface area contributed by atoms with Gasteiger partial charge in [-0.2, -0.15) is 18.2 Å². The van der Waals surface area contributed by atoms with E-state index in [9.17, 15) is 18.0 Å². The molecule has 3 aliphatic rings. The number of aromatic nitrogens is 4. The highest BCUT2D eigenvalue weighted by atomic mass is 19.4. The third-order valence-electron chi connectivity index (χ3n) is 7.89. The molecule has 4 aromatic rings. The highest BCUT2D eigenvalue weighted by molar-refractivity contribution is 5.91. The van der Waals surface area contributed by atoms with Crippen molar-refractivity contribution in [1.82, 2.24) is 19.5 Å². The van der Waals surface area contributed by atoms with Crippen molar-refractivity contribution >= 4 is 17.9 Å². The molecule has 0 bridgehead atoms. The van der Waals surface area contributed by atoms with Crippen LogP contribution in [0.15, 0.2) is 67.1 Å². The molecule has 3 aliphatic heterocycles. The Morgan fingerprint density at radius 3 is 2.61 bits per heavy atom. The fourth-order valence-electron chi connectivity index (χ4n) is 5.92. The summed E-state index contributed by atoms with van der Waals surface area (Å²) in [6.45, 7) is 2.52. The maximum absolute atomic E-state index is 13.2. The van der Waals surface area contributed by atoms with Gasteiger partial charge in [0.2, 0.25) is 5.95 Å². The van der Waals surface area contributed by atoms with Gasteiger partial charge in [-0.3, -0.25) is 0 Å². The van der Waals surface area contributed by atoms with Gasteiger partial charge in [-0.15, -0.1) is 0 Å². The van der Waals surface area contributed by atoms with Gasteiger partial charge in [-0.25, -0.2) is 19.7 Å². The Morgan fingerprint density at radius 1 is 1.07 bits per heavy atom. The van der Waals surface area contributed by atoms with Gasteiger partial charge in [0.05, 0.1) is 36.8 Å². The molecule has 2 fully saturated rings. The van der Waals surface area contributed by atoms with Gasteiger partial charge < -0.3 is 19.4 Å². The smallest absolute Gasteiger partial charge is 0.417 e. The predicted octanol–water partition coefficient (Wildman–Crippen LogP) is 5.42. The summed E-state index contributed by atoms with van der Waals surface area (Å²) in [5.74, 6) is 0.687. The molecule has 210 valence electrons. The van der Waals surface area contributed by atoms with Crippen molar-refractivity contribution in [2.45, 2.75) is 43.6 Å². The Balaban J connectivity index is 1.16. The maximum Gasteiger partial charge on any atom is 0.417 e. The molecule has 2 aromatic carbocycles. The van der Waals surface area contributed by atoms with Crippen LogP contribution in [0.25, 0.3) is 5.69 Å². The molecule has 1 N–H and O–H groups in total. The summed E-state index contributed by atoms with van der Waals surface area (Å²) in [5, 5.41) is 3.28. The van der Waals surface area contributed by atoms with Gasteiger partial charge in [-0.05, 0) is 55.2 Å². The van der Waals surface area contributed by atoms with Gasteiger partial charge >= 0.3 is 12.3 Å². The molecule has 5 heterocycles. The van der Waals surface area contributed by atoms with Crippen molar-refractivity contribution in [3.8, 4) is 5.69 Å². The van der Waals surface area contributed by atoms with Crippen molar-refractivity contribution in [2.24, 2.45) is 0 Å². The zero-order valence-electron chi connectivity index (χ0n) is 21.9. The number of nitrogens with one attached hydrogen (secondary N) is 1. The average molecular weight is 563 g/mol. The number of amides is 1. The molecule has 41 heavy (non-hydrogen) atoms. The summed E-state index contributed by atoms with van der Waals surface area (Å²) in [5.41, 5.74) is 2.46. The third kappa shape index (κ3) is 4.21. The van der Waals surface area contributed by atoms with Crippen LogP contribution in [0, 0.1) is 0 Å². The summed E-state index contributed by atoms with van der Waals surface area (Å²) in [6, 6.07) is 14.4. The molecule has 0 aliphatic carbocycles. The first kappa shape index (κ1) is 25.5. The van der Waals surface area contributed by atoms with E-state index >= 15 is 0 Å². The summed E-state index contributed by atoms with van der Waals surface area (Å²) in [7, 11) is 0. The molecule has 2 aromatic heterocycles. The number of rotatable bonds is 5. The zero-order valence-corrected chi connectivity index (χ0v) is 21.9. The van der Waals surface area contributed by atoms with Gasteiger partial charge in [0.1, 0.15) is 11.9 Å². The standard InChI is InChI=1S/C29H25F3N6O3/c1-17(24-22-9-7-19-13-20(29(30,31)32)8-10-21(19)37(22)16-34-24)35-26-33-12-11-23(36-26)38-25(18-5-3-2-4-6-18)28(14-40-15-28)41-27(38)39/h2-6,8,10-13,16-17,25H,7,9,14-15H2,1H3,(H,33,35,36)/t17-,25-/m0/s1. The Morgan fingerprint density at radius 2 is 1.88 bits per heavy atom. The molecular weight excluding hydrogens is 537 g/mol. The van der Waals surface area contributed by atoms with Gasteiger partial charge in [-0.1, -0.05) is 30.3 Å². The number of imidazole rings is 1. The number of alkyl halides is 3. The number of carbonyl (C=O) groups is 1. The SMILES string of the molecule is C[C@H](Nc1nccc(N2C(=O)OC3(COC3)[C@@H]2c2ccccc2)n1)c1ncn2c1CCc1cc(C(F)(F)F)ccc1-2. The normalized spacial score (nSPS) is 19.8. The predicted molar refractivity (Wildman–Crippen MR) is 142 cm³/mol.